The van der Waals surface area contributed by atoms with Gasteiger partial charge in [0.25, 0.3) is 0 Å². The van der Waals surface area contributed by atoms with Crippen molar-refractivity contribution in [2.45, 2.75) is 31.7 Å². The van der Waals surface area contributed by atoms with E-state index in [1.54, 1.807) is 29.2 Å². The molecule has 3 fully saturated rings. The number of halogens is 2. The molecule has 2 aliphatic heterocycles. The average Bonchev–Trinajstić information content (AvgIpc) is 3.79. The van der Waals surface area contributed by atoms with Gasteiger partial charge in [-0.05, 0) is 85.6 Å². The van der Waals surface area contributed by atoms with Crippen LogP contribution in [0.1, 0.15) is 25.7 Å². The Labute approximate surface area is 351 Å². The van der Waals surface area contributed by atoms with Crippen molar-refractivity contribution in [2.24, 2.45) is 0 Å². The van der Waals surface area contributed by atoms with Gasteiger partial charge in [-0.3, -0.25) is 4.79 Å². The maximum Gasteiger partial charge on any atom is 0.317 e. The number of nitrogens with zero attached hydrogens (tertiary/aromatic N) is 10. The Kier molecular flexibility index (Phi) is 12.2. The first kappa shape index (κ1) is 40.9. The van der Waals surface area contributed by atoms with E-state index >= 15 is 0 Å². The van der Waals surface area contributed by atoms with Crippen LogP contribution in [0.2, 0.25) is 0 Å². The highest BCUT2D eigenvalue weighted by Gasteiger charge is 2.27. The van der Waals surface area contributed by atoms with Crippen molar-refractivity contribution in [3.8, 4) is 22.5 Å². The minimum atomic E-state index is -0.299. The van der Waals surface area contributed by atoms with Gasteiger partial charge in [0.15, 0.2) is 11.6 Å². The standard InChI is InChI=1S/C23H26FN7O.C20H21FN6O2/c24-16-7-5-15(6-8-16)18-9-10-19-20(27-18)21(29-22(25)28-19)30-11-13-31(14-12-30)23(32)26-17-3-1-2-4-17;1-29-12-17(28)26-8-10-27(11-9-26)19-18-16(24-20(22)25-19)7-6-15(23-18)13-2-4-14(21)5-3-13/h5-10,17H,1-4,11-14H2,(H,26,32)(H2,25,28,29);2-7H,8-12H2,1H3,(H2,22,24,25). The van der Waals surface area contributed by atoms with E-state index < -0.39 is 0 Å². The van der Waals surface area contributed by atoms with Gasteiger partial charge in [-0.15, -0.1) is 0 Å². The van der Waals surface area contributed by atoms with Gasteiger partial charge in [0.05, 0.1) is 22.4 Å². The van der Waals surface area contributed by atoms with Gasteiger partial charge in [-0.25, -0.2) is 33.5 Å². The van der Waals surface area contributed by atoms with E-state index in [-0.39, 0.29) is 42.1 Å². The number of hydrogen-bond donors (Lipinski definition) is 3. The van der Waals surface area contributed by atoms with Crippen LogP contribution >= 0.6 is 0 Å². The molecule has 2 saturated heterocycles. The highest BCUT2D eigenvalue weighted by molar-refractivity contribution is 5.90. The number of carbonyl (C=O) groups excluding carboxylic acids is 2. The highest BCUT2D eigenvalue weighted by Crippen LogP contribution is 2.30. The Morgan fingerprint density at radius 1 is 0.623 bits per heavy atom. The molecule has 316 valence electrons. The van der Waals surface area contributed by atoms with Crippen molar-refractivity contribution in [3.05, 3.63) is 84.4 Å². The third kappa shape index (κ3) is 9.49. The van der Waals surface area contributed by atoms with Gasteiger partial charge in [-0.1, -0.05) is 12.8 Å². The summed E-state index contributed by atoms with van der Waals surface area (Å²) in [5.74, 6) is 1.03. The molecule has 1 saturated carbocycles. The van der Waals surface area contributed by atoms with E-state index in [9.17, 15) is 18.4 Å². The van der Waals surface area contributed by atoms with Crippen LogP contribution in [0.25, 0.3) is 44.6 Å². The molecule has 2 aromatic carbocycles. The molecule has 5 N–H and O–H groups in total. The summed E-state index contributed by atoms with van der Waals surface area (Å²) >= 11 is 0. The first-order chi connectivity index (χ1) is 29.6. The molecular weight excluding hydrogens is 785 g/mol. The fourth-order valence-corrected chi connectivity index (χ4v) is 7.88. The number of ether oxygens (including phenoxy) is 1. The Balaban J connectivity index is 0.000000169. The normalized spacial score (nSPS) is 15.9. The fourth-order valence-electron chi connectivity index (χ4n) is 7.88. The number of anilines is 4. The molecule has 3 aliphatic rings. The summed E-state index contributed by atoms with van der Waals surface area (Å²) in [5.41, 5.74) is 17.5. The second-order valence-corrected chi connectivity index (χ2v) is 15.2. The van der Waals surface area contributed by atoms with Crippen LogP contribution in [0.3, 0.4) is 0 Å². The van der Waals surface area contributed by atoms with E-state index in [1.807, 2.05) is 29.2 Å². The van der Waals surface area contributed by atoms with Gasteiger partial charge in [0, 0.05) is 76.6 Å². The number of benzene rings is 2. The van der Waals surface area contributed by atoms with E-state index in [4.69, 9.17) is 26.2 Å². The number of nitrogen functional groups attached to an aromatic ring is 2. The lowest BCUT2D eigenvalue weighted by atomic mass is 10.1. The molecule has 18 heteroatoms. The lowest BCUT2D eigenvalue weighted by Gasteiger charge is -2.36. The maximum absolute atomic E-state index is 13.3. The van der Waals surface area contributed by atoms with Crippen LogP contribution in [-0.4, -0.2) is 124 Å². The second-order valence-electron chi connectivity index (χ2n) is 15.2. The summed E-state index contributed by atoms with van der Waals surface area (Å²) in [6.07, 6.45) is 4.52. The predicted octanol–water partition coefficient (Wildman–Crippen LogP) is 4.90. The minimum Gasteiger partial charge on any atom is -0.375 e. The maximum atomic E-state index is 13.3. The Hall–Kier alpha value is -6.82. The Morgan fingerprint density at radius 2 is 1.07 bits per heavy atom. The Bertz CT molecular complexity index is 2510. The van der Waals surface area contributed by atoms with E-state index in [0.717, 1.165) is 24.0 Å². The van der Waals surface area contributed by atoms with Crippen LogP contribution < -0.4 is 26.6 Å². The van der Waals surface area contributed by atoms with Crippen molar-refractivity contribution in [2.75, 3.05) is 87.3 Å². The SMILES string of the molecule is COCC(=O)N1CCN(c2nc(N)nc3ccc(-c4ccc(F)cc4)nc23)CC1.Nc1nc(N2CCN(C(=O)NC3CCCC3)CC2)c2nc(-c3ccc(F)cc3)ccc2n1. The molecule has 6 heterocycles. The monoisotopic (exact) mass is 831 g/mol. The van der Waals surface area contributed by atoms with E-state index in [1.165, 1.54) is 44.2 Å². The van der Waals surface area contributed by atoms with Crippen LogP contribution in [0.15, 0.2) is 72.8 Å². The summed E-state index contributed by atoms with van der Waals surface area (Å²) in [4.78, 5) is 59.4. The molecular formula is C43H47F2N13O3. The lowest BCUT2D eigenvalue weighted by molar-refractivity contribution is -0.135. The summed E-state index contributed by atoms with van der Waals surface area (Å²) < 4.78 is 31.5. The minimum absolute atomic E-state index is 0.0142. The van der Waals surface area contributed by atoms with Crippen molar-refractivity contribution < 1.29 is 23.1 Å². The second kappa shape index (κ2) is 18.2. The number of fused-ring (bicyclic) bond motifs is 2. The molecule has 0 radical (unpaired) electrons. The fraction of sp³-hybridized carbons (Fsp3) is 0.349. The van der Waals surface area contributed by atoms with Gasteiger partial charge in [-0.2, -0.15) is 9.97 Å². The summed E-state index contributed by atoms with van der Waals surface area (Å²) in [7, 11) is 1.51. The van der Waals surface area contributed by atoms with Gasteiger partial charge < -0.3 is 41.1 Å². The van der Waals surface area contributed by atoms with Crippen LogP contribution in [0, 0.1) is 11.6 Å². The summed E-state index contributed by atoms with van der Waals surface area (Å²) in [6.45, 7) is 4.86. The topological polar surface area (TPSA) is 198 Å². The molecule has 16 nitrogen and oxygen atoms in total. The number of carbonyl (C=O) groups is 2. The number of aromatic nitrogens is 6. The van der Waals surface area contributed by atoms with Crippen molar-refractivity contribution >= 4 is 57.5 Å². The number of methoxy groups -OCH3 is 1. The van der Waals surface area contributed by atoms with E-state index in [2.05, 4.69) is 35.1 Å². The van der Waals surface area contributed by atoms with Gasteiger partial charge in [0.2, 0.25) is 17.8 Å². The molecule has 61 heavy (non-hydrogen) atoms. The molecule has 0 unspecified atom stereocenters. The lowest BCUT2D eigenvalue weighted by Crippen LogP contribution is -2.53. The number of pyridine rings is 2. The predicted molar refractivity (Wildman–Crippen MR) is 230 cm³/mol. The third-order valence-electron chi connectivity index (χ3n) is 11.1. The molecule has 9 rings (SSSR count). The van der Waals surface area contributed by atoms with Crippen molar-refractivity contribution in [1.82, 2.24) is 45.0 Å². The summed E-state index contributed by atoms with van der Waals surface area (Å²) in [5, 5.41) is 3.16. The molecule has 3 amide bonds. The van der Waals surface area contributed by atoms with Crippen molar-refractivity contribution in [1.29, 1.82) is 0 Å². The molecule has 0 atom stereocenters. The Morgan fingerprint density at radius 3 is 1.51 bits per heavy atom. The third-order valence-corrected chi connectivity index (χ3v) is 11.1. The van der Waals surface area contributed by atoms with Gasteiger partial charge >= 0.3 is 6.03 Å². The zero-order chi connectivity index (χ0) is 42.5. The largest absolute Gasteiger partial charge is 0.375 e. The number of nitrogens with one attached hydrogen (secondary N) is 1. The molecule has 0 bridgehead atoms. The zero-order valence-electron chi connectivity index (χ0n) is 33.8. The zero-order valence-corrected chi connectivity index (χ0v) is 33.8. The number of piperazine rings is 2. The number of nitrogens with two attached hydrogens (primary N) is 2. The molecule has 4 aromatic heterocycles. The van der Waals surface area contributed by atoms with Gasteiger partial charge in [0.1, 0.15) is 29.3 Å². The number of hydrogen-bond acceptors (Lipinski definition) is 13. The number of urea groups is 1. The molecule has 0 spiro atoms. The molecule has 6 aromatic rings. The first-order valence-corrected chi connectivity index (χ1v) is 20.3. The number of rotatable bonds is 7. The van der Waals surface area contributed by atoms with Crippen molar-refractivity contribution in [3.63, 3.8) is 0 Å². The van der Waals surface area contributed by atoms with E-state index in [0.29, 0.717) is 103 Å². The van der Waals surface area contributed by atoms with Crippen LogP contribution in [0.5, 0.6) is 0 Å². The van der Waals surface area contributed by atoms with Crippen LogP contribution in [-0.2, 0) is 9.53 Å². The smallest absolute Gasteiger partial charge is 0.317 e. The highest BCUT2D eigenvalue weighted by atomic mass is 19.1. The first-order valence-electron chi connectivity index (χ1n) is 20.3. The average molecular weight is 832 g/mol. The quantitative estimate of drug-likeness (QED) is 0.197. The molecule has 1 aliphatic carbocycles. The summed E-state index contributed by atoms with van der Waals surface area (Å²) in [6, 6.07) is 20.1. The van der Waals surface area contributed by atoms with Crippen LogP contribution in [0.4, 0.5) is 37.1 Å². The number of amides is 3.